The molecule has 0 N–H and O–H groups in total. The largest absolute Gasteiger partial charge is 0.311 e. The molecule has 3 heterocycles. The van der Waals surface area contributed by atoms with E-state index >= 15 is 0 Å². The van der Waals surface area contributed by atoms with Gasteiger partial charge < -0.3 is 4.57 Å². The Morgan fingerprint density at radius 2 is 2.05 bits per heavy atom. The first-order valence-corrected chi connectivity index (χ1v) is 8.04. The molecule has 0 amide bonds. The van der Waals surface area contributed by atoms with E-state index in [0.29, 0.717) is 28.5 Å². The van der Waals surface area contributed by atoms with Gasteiger partial charge in [0.15, 0.2) is 10.8 Å². The van der Waals surface area contributed by atoms with Gasteiger partial charge in [-0.1, -0.05) is 11.6 Å². The molecule has 3 aromatic rings. The van der Waals surface area contributed by atoms with Crippen LogP contribution in [0.15, 0.2) is 23.4 Å². The molecule has 3 aromatic heterocycles. The molecule has 0 radical (unpaired) electrons. The lowest BCUT2D eigenvalue weighted by Crippen LogP contribution is -2.14. The second-order valence-corrected chi connectivity index (χ2v) is 6.71. The number of aromatic nitrogens is 4. The SMILES string of the molecule is Clc1ncnc2c1ncn2C1C[C@H]2C[C@@H]1c1cscc12. The fourth-order valence-electron chi connectivity index (χ4n) is 3.93. The minimum absolute atomic E-state index is 0.438. The Labute approximate surface area is 124 Å². The van der Waals surface area contributed by atoms with Gasteiger partial charge in [-0.25, -0.2) is 15.0 Å². The highest BCUT2D eigenvalue weighted by Crippen LogP contribution is 2.59. The van der Waals surface area contributed by atoms with Crippen LogP contribution in [-0.4, -0.2) is 19.5 Å². The summed E-state index contributed by atoms with van der Waals surface area (Å²) in [5.41, 5.74) is 4.69. The Hall–Kier alpha value is -1.46. The summed E-state index contributed by atoms with van der Waals surface area (Å²) in [5, 5.41) is 5.07. The van der Waals surface area contributed by atoms with Crippen molar-refractivity contribution < 1.29 is 0 Å². The molecule has 2 aliphatic carbocycles. The van der Waals surface area contributed by atoms with E-state index in [9.17, 15) is 0 Å². The van der Waals surface area contributed by atoms with E-state index in [-0.39, 0.29) is 0 Å². The minimum Gasteiger partial charge on any atom is -0.311 e. The van der Waals surface area contributed by atoms with Crippen molar-refractivity contribution >= 4 is 34.1 Å². The smallest absolute Gasteiger partial charge is 0.165 e. The summed E-state index contributed by atoms with van der Waals surface area (Å²) in [6, 6.07) is 0.457. The zero-order valence-corrected chi connectivity index (χ0v) is 12.1. The van der Waals surface area contributed by atoms with Gasteiger partial charge in [-0.3, -0.25) is 0 Å². The zero-order valence-electron chi connectivity index (χ0n) is 10.5. The molecular weight excluding hydrogens is 292 g/mol. The predicted molar refractivity (Wildman–Crippen MR) is 78.4 cm³/mol. The molecule has 100 valence electrons. The molecule has 0 spiro atoms. The molecule has 3 atom stereocenters. The molecule has 20 heavy (non-hydrogen) atoms. The first-order chi connectivity index (χ1) is 9.83. The molecule has 0 aromatic carbocycles. The average molecular weight is 303 g/mol. The van der Waals surface area contributed by atoms with Gasteiger partial charge in [0.1, 0.15) is 11.8 Å². The summed E-state index contributed by atoms with van der Waals surface area (Å²) in [6.45, 7) is 0. The normalized spacial score (nSPS) is 27.4. The molecule has 1 saturated carbocycles. The number of halogens is 1. The van der Waals surface area contributed by atoms with E-state index in [1.54, 1.807) is 11.1 Å². The maximum absolute atomic E-state index is 6.09. The van der Waals surface area contributed by atoms with Crippen LogP contribution in [0.2, 0.25) is 5.15 Å². The van der Waals surface area contributed by atoms with Crippen molar-refractivity contribution in [2.24, 2.45) is 0 Å². The van der Waals surface area contributed by atoms with Gasteiger partial charge in [-0.2, -0.15) is 11.3 Å². The summed E-state index contributed by atoms with van der Waals surface area (Å²) >= 11 is 7.92. The van der Waals surface area contributed by atoms with Gasteiger partial charge in [0, 0.05) is 12.0 Å². The molecule has 0 saturated heterocycles. The topological polar surface area (TPSA) is 43.6 Å². The third-order valence-corrected chi connectivity index (χ3v) is 5.82. The number of rotatable bonds is 1. The number of hydrogen-bond acceptors (Lipinski definition) is 4. The van der Waals surface area contributed by atoms with Crippen molar-refractivity contribution in [1.82, 2.24) is 19.5 Å². The fraction of sp³-hybridized carbons (Fsp3) is 0.357. The van der Waals surface area contributed by atoms with E-state index in [1.165, 1.54) is 19.2 Å². The van der Waals surface area contributed by atoms with Crippen LogP contribution < -0.4 is 0 Å². The van der Waals surface area contributed by atoms with Crippen molar-refractivity contribution in [1.29, 1.82) is 0 Å². The molecule has 2 aliphatic rings. The second kappa shape index (κ2) is 3.80. The second-order valence-electron chi connectivity index (χ2n) is 5.61. The van der Waals surface area contributed by atoms with Crippen molar-refractivity contribution in [2.45, 2.75) is 30.7 Å². The van der Waals surface area contributed by atoms with Crippen LogP contribution in [0.25, 0.3) is 11.2 Å². The third-order valence-electron chi connectivity index (χ3n) is 4.76. The minimum atomic E-state index is 0.438. The van der Waals surface area contributed by atoms with Crippen LogP contribution in [0.3, 0.4) is 0 Å². The van der Waals surface area contributed by atoms with Gasteiger partial charge in [-0.05, 0) is 40.6 Å². The van der Waals surface area contributed by atoms with E-state index in [1.807, 2.05) is 17.7 Å². The number of imidazole rings is 1. The lowest BCUT2D eigenvalue weighted by Gasteiger charge is -2.23. The van der Waals surface area contributed by atoms with Crippen molar-refractivity contribution in [3.8, 4) is 0 Å². The predicted octanol–water partition coefficient (Wildman–Crippen LogP) is 3.76. The number of hydrogen-bond donors (Lipinski definition) is 0. The lowest BCUT2D eigenvalue weighted by atomic mass is 9.91. The highest BCUT2D eigenvalue weighted by Gasteiger charge is 2.45. The Morgan fingerprint density at radius 1 is 1.15 bits per heavy atom. The van der Waals surface area contributed by atoms with Crippen molar-refractivity contribution in [3.05, 3.63) is 39.7 Å². The van der Waals surface area contributed by atoms with Crippen LogP contribution in [0.4, 0.5) is 0 Å². The van der Waals surface area contributed by atoms with Crippen molar-refractivity contribution in [3.63, 3.8) is 0 Å². The first-order valence-electron chi connectivity index (χ1n) is 6.72. The summed E-state index contributed by atoms with van der Waals surface area (Å²) in [5.74, 6) is 1.31. The van der Waals surface area contributed by atoms with Crippen LogP contribution in [0, 0.1) is 0 Å². The average Bonchev–Trinajstić information content (AvgIpc) is 3.19. The van der Waals surface area contributed by atoms with E-state index in [2.05, 4.69) is 30.3 Å². The molecule has 6 heteroatoms. The van der Waals surface area contributed by atoms with Gasteiger partial charge in [0.05, 0.1) is 6.33 Å². The lowest BCUT2D eigenvalue weighted by molar-refractivity contribution is 0.459. The third kappa shape index (κ3) is 1.29. The highest BCUT2D eigenvalue weighted by molar-refractivity contribution is 7.08. The summed E-state index contributed by atoms with van der Waals surface area (Å²) in [4.78, 5) is 12.8. The van der Waals surface area contributed by atoms with E-state index < -0.39 is 0 Å². The van der Waals surface area contributed by atoms with Gasteiger partial charge in [0.2, 0.25) is 0 Å². The van der Waals surface area contributed by atoms with Gasteiger partial charge >= 0.3 is 0 Å². The van der Waals surface area contributed by atoms with Crippen molar-refractivity contribution in [2.75, 3.05) is 0 Å². The molecular formula is C14H11ClN4S. The van der Waals surface area contributed by atoms with Crippen LogP contribution in [0.5, 0.6) is 0 Å². The van der Waals surface area contributed by atoms with E-state index in [4.69, 9.17) is 11.6 Å². The van der Waals surface area contributed by atoms with Crippen LogP contribution in [-0.2, 0) is 0 Å². The quantitative estimate of drug-likeness (QED) is 0.643. The summed E-state index contributed by atoms with van der Waals surface area (Å²) < 4.78 is 2.20. The molecule has 4 nitrogen and oxygen atoms in total. The summed E-state index contributed by atoms with van der Waals surface area (Å²) in [6.07, 6.45) is 5.84. The standard InChI is InChI=1S/C14H11ClN4S/c15-13-12-14(17-5-16-13)19(6-18-12)11-2-7-1-8(11)10-4-20-3-9(7)10/h3-8,11H,1-2H2/t7-,8-,11?/m1/s1. The Kier molecular flexibility index (Phi) is 2.13. The zero-order chi connectivity index (χ0) is 13.3. The van der Waals surface area contributed by atoms with E-state index in [0.717, 1.165) is 5.65 Å². The molecule has 2 bridgehead atoms. The Morgan fingerprint density at radius 3 is 3.00 bits per heavy atom. The van der Waals surface area contributed by atoms with Gasteiger partial charge in [0.25, 0.3) is 0 Å². The number of nitrogens with zero attached hydrogens (tertiary/aromatic N) is 4. The number of thiophene rings is 1. The Balaban J connectivity index is 1.66. The first kappa shape index (κ1) is 11.2. The monoisotopic (exact) mass is 302 g/mol. The Bertz CT molecular complexity index is 824. The van der Waals surface area contributed by atoms with Crippen LogP contribution >= 0.6 is 22.9 Å². The fourth-order valence-corrected chi connectivity index (χ4v) is 5.10. The maximum Gasteiger partial charge on any atom is 0.165 e. The molecule has 0 aliphatic heterocycles. The number of fused-ring (bicyclic) bond motifs is 6. The molecule has 1 fully saturated rings. The molecule has 1 unspecified atom stereocenters. The van der Waals surface area contributed by atoms with Crippen LogP contribution in [0.1, 0.15) is 41.8 Å². The molecule has 5 rings (SSSR count). The highest BCUT2D eigenvalue weighted by atomic mass is 35.5. The van der Waals surface area contributed by atoms with Gasteiger partial charge in [-0.15, -0.1) is 0 Å². The summed E-state index contributed by atoms with van der Waals surface area (Å²) in [7, 11) is 0. The maximum atomic E-state index is 6.09.